The predicted molar refractivity (Wildman–Crippen MR) is 116 cm³/mol. The summed E-state index contributed by atoms with van der Waals surface area (Å²) in [4.78, 5) is 14.1. The van der Waals surface area contributed by atoms with Crippen LogP contribution in [0.2, 0.25) is 0 Å². The minimum atomic E-state index is -3.59. The van der Waals surface area contributed by atoms with E-state index in [1.54, 1.807) is 60.6 Å². The van der Waals surface area contributed by atoms with Gasteiger partial charge in [-0.15, -0.1) is 11.3 Å². The highest BCUT2D eigenvalue weighted by molar-refractivity contribution is 7.94. The first-order chi connectivity index (χ1) is 13.8. The maximum Gasteiger partial charge on any atom is 0.273 e. The van der Waals surface area contributed by atoms with Crippen molar-refractivity contribution in [3.63, 3.8) is 0 Å². The van der Waals surface area contributed by atoms with Gasteiger partial charge in [-0.2, -0.15) is 0 Å². The van der Waals surface area contributed by atoms with Gasteiger partial charge in [0.05, 0.1) is 5.69 Å². The van der Waals surface area contributed by atoms with E-state index in [9.17, 15) is 13.2 Å². The highest BCUT2D eigenvalue weighted by atomic mass is 32.2. The van der Waals surface area contributed by atoms with Crippen LogP contribution in [0.1, 0.15) is 6.92 Å². The molecule has 2 aromatic carbocycles. The molecule has 0 radical (unpaired) electrons. The molecule has 3 rings (SSSR count). The zero-order valence-electron chi connectivity index (χ0n) is 16.3. The van der Waals surface area contributed by atoms with Crippen molar-refractivity contribution in [2.75, 3.05) is 23.3 Å². The first-order valence-electron chi connectivity index (χ1n) is 8.92. The van der Waals surface area contributed by atoms with Gasteiger partial charge >= 0.3 is 0 Å². The maximum atomic E-state index is 12.6. The zero-order chi connectivity index (χ0) is 21.0. The number of ether oxygens (including phenoxy) is 1. The van der Waals surface area contributed by atoms with Crippen molar-refractivity contribution in [3.8, 4) is 5.75 Å². The van der Waals surface area contributed by atoms with Gasteiger partial charge in [0, 0.05) is 19.8 Å². The fourth-order valence-corrected chi connectivity index (χ4v) is 5.08. The Morgan fingerprint density at radius 1 is 0.931 bits per heavy atom. The van der Waals surface area contributed by atoms with Crippen molar-refractivity contribution < 1.29 is 17.9 Å². The van der Waals surface area contributed by atoms with Crippen LogP contribution in [0.4, 0.5) is 11.4 Å². The third kappa shape index (κ3) is 4.60. The molecule has 0 bridgehead atoms. The van der Waals surface area contributed by atoms with Gasteiger partial charge < -0.3 is 9.64 Å². The van der Waals surface area contributed by atoms with E-state index in [2.05, 4.69) is 0 Å². The number of carbonyl (C=O) groups excluding carboxylic acids is 1. The van der Waals surface area contributed by atoms with Gasteiger partial charge in [0.2, 0.25) is 0 Å². The van der Waals surface area contributed by atoms with Crippen molar-refractivity contribution in [2.45, 2.75) is 17.2 Å². The number of sulfonamides is 1. The van der Waals surface area contributed by atoms with Gasteiger partial charge in [0.1, 0.15) is 9.96 Å². The molecule has 0 aliphatic rings. The predicted octanol–water partition coefficient (Wildman–Crippen LogP) is 4.00. The van der Waals surface area contributed by atoms with E-state index < -0.39 is 16.1 Å². The second-order valence-corrected chi connectivity index (χ2v) is 9.54. The van der Waals surface area contributed by atoms with E-state index in [4.69, 9.17) is 4.74 Å². The molecule has 0 saturated carbocycles. The van der Waals surface area contributed by atoms with Crippen molar-refractivity contribution in [2.24, 2.45) is 0 Å². The summed E-state index contributed by atoms with van der Waals surface area (Å²) in [5, 5.41) is 1.72. The summed E-state index contributed by atoms with van der Waals surface area (Å²) in [5.41, 5.74) is 1.29. The second-order valence-electron chi connectivity index (χ2n) is 6.39. The third-order valence-corrected chi connectivity index (χ3v) is 7.60. The minimum absolute atomic E-state index is 0.183. The molecule has 8 heteroatoms. The number of hydrogen-bond donors (Lipinski definition) is 0. The Morgan fingerprint density at radius 3 is 2.17 bits per heavy atom. The summed E-state index contributed by atoms with van der Waals surface area (Å²) in [5.74, 6) is 0.302. The maximum absolute atomic E-state index is 12.6. The van der Waals surface area contributed by atoms with Crippen LogP contribution in [-0.4, -0.2) is 34.5 Å². The van der Waals surface area contributed by atoms with Crippen LogP contribution in [0.15, 0.2) is 76.3 Å². The van der Waals surface area contributed by atoms with E-state index in [1.165, 1.54) is 22.7 Å². The molecule has 6 nitrogen and oxygen atoms in total. The number of nitrogens with zero attached hydrogens (tertiary/aromatic N) is 2. The van der Waals surface area contributed by atoms with Crippen molar-refractivity contribution >= 4 is 38.6 Å². The van der Waals surface area contributed by atoms with Gasteiger partial charge in [-0.1, -0.05) is 24.3 Å². The lowest BCUT2D eigenvalue weighted by Crippen LogP contribution is -2.38. The van der Waals surface area contributed by atoms with Gasteiger partial charge in [-0.25, -0.2) is 8.42 Å². The molecule has 29 heavy (non-hydrogen) atoms. The largest absolute Gasteiger partial charge is 0.481 e. The topological polar surface area (TPSA) is 66.9 Å². The highest BCUT2D eigenvalue weighted by Crippen LogP contribution is 2.27. The number of anilines is 2. The van der Waals surface area contributed by atoms with Crippen LogP contribution in [0.5, 0.6) is 5.75 Å². The van der Waals surface area contributed by atoms with Crippen molar-refractivity contribution in [1.29, 1.82) is 0 Å². The smallest absolute Gasteiger partial charge is 0.273 e. The van der Waals surface area contributed by atoms with E-state index in [0.717, 1.165) is 5.69 Å². The van der Waals surface area contributed by atoms with Crippen molar-refractivity contribution in [3.05, 3.63) is 72.1 Å². The number of rotatable bonds is 7. The lowest BCUT2D eigenvalue weighted by atomic mass is 10.2. The third-order valence-electron chi connectivity index (χ3n) is 4.44. The summed E-state index contributed by atoms with van der Waals surface area (Å²) in [6, 6.07) is 19.2. The first kappa shape index (κ1) is 20.9. The summed E-state index contributed by atoms with van der Waals surface area (Å²) in [7, 11) is -0.384. The lowest BCUT2D eigenvalue weighted by molar-refractivity contribution is -0.124. The molecule has 0 saturated heterocycles. The number of para-hydroxylation sites is 1. The molecular weight excluding hydrogens is 408 g/mol. The van der Waals surface area contributed by atoms with E-state index >= 15 is 0 Å². The van der Waals surface area contributed by atoms with E-state index in [0.29, 0.717) is 11.4 Å². The minimum Gasteiger partial charge on any atom is -0.481 e. The fraction of sp³-hybridized carbons (Fsp3) is 0.190. The highest BCUT2D eigenvalue weighted by Gasteiger charge is 2.23. The second kappa shape index (κ2) is 8.67. The molecule has 3 aromatic rings. The Labute approximate surface area is 175 Å². The average Bonchev–Trinajstić information content (AvgIpc) is 3.29. The first-order valence-corrected chi connectivity index (χ1v) is 11.2. The number of benzene rings is 2. The van der Waals surface area contributed by atoms with Gasteiger partial charge in [-0.05, 0) is 54.8 Å². The molecule has 152 valence electrons. The molecule has 0 aliphatic heterocycles. The fourth-order valence-electron chi connectivity index (χ4n) is 2.72. The Kier molecular flexibility index (Phi) is 6.24. The molecule has 1 heterocycles. The van der Waals surface area contributed by atoms with Crippen LogP contribution in [0.3, 0.4) is 0 Å². The number of amides is 1. The van der Waals surface area contributed by atoms with Gasteiger partial charge in [0.15, 0.2) is 6.10 Å². The Bertz CT molecular complexity index is 1050. The summed E-state index contributed by atoms with van der Waals surface area (Å²) >= 11 is 1.17. The zero-order valence-corrected chi connectivity index (χ0v) is 18.0. The van der Waals surface area contributed by atoms with Crippen molar-refractivity contribution in [1.82, 2.24) is 0 Å². The number of hydrogen-bond acceptors (Lipinski definition) is 5. The van der Waals surface area contributed by atoms with Crippen LogP contribution in [-0.2, 0) is 14.8 Å². The van der Waals surface area contributed by atoms with E-state index in [-0.39, 0.29) is 10.1 Å². The lowest BCUT2D eigenvalue weighted by Gasteiger charge is -2.23. The molecule has 1 unspecified atom stereocenters. The Hall–Kier alpha value is -2.84. The summed E-state index contributed by atoms with van der Waals surface area (Å²) in [6.07, 6.45) is -0.696. The SMILES string of the molecule is CC(Oc1ccc(N(C)S(=O)(=O)c2cccs2)cc1)C(=O)N(C)c1ccccc1. The molecule has 1 aromatic heterocycles. The Morgan fingerprint density at radius 2 is 1.59 bits per heavy atom. The summed E-state index contributed by atoms with van der Waals surface area (Å²) in [6.45, 7) is 1.68. The van der Waals surface area contributed by atoms with Crippen LogP contribution < -0.4 is 13.9 Å². The Balaban J connectivity index is 1.68. The molecule has 0 fully saturated rings. The molecular formula is C21H22N2O4S2. The molecule has 0 spiro atoms. The standard InChI is InChI=1S/C21H22N2O4S2/c1-16(21(24)22(2)17-8-5-4-6-9-17)27-19-13-11-18(12-14-19)23(3)29(25,26)20-10-7-15-28-20/h4-16H,1-3H3. The molecule has 1 atom stereocenters. The van der Waals surface area contributed by atoms with Gasteiger partial charge in [0.25, 0.3) is 15.9 Å². The number of likely N-dealkylation sites (N-methyl/N-ethyl adjacent to an activating group) is 1. The molecule has 1 amide bonds. The molecule has 0 aliphatic carbocycles. The van der Waals surface area contributed by atoms with Crippen LogP contribution in [0.25, 0.3) is 0 Å². The van der Waals surface area contributed by atoms with Crippen LogP contribution >= 0.6 is 11.3 Å². The number of carbonyl (C=O) groups is 1. The van der Waals surface area contributed by atoms with E-state index in [1.807, 2.05) is 30.3 Å². The number of thiophene rings is 1. The van der Waals surface area contributed by atoms with Crippen LogP contribution in [0, 0.1) is 0 Å². The average molecular weight is 431 g/mol. The summed E-state index contributed by atoms with van der Waals surface area (Å²) < 4.78 is 32.5. The normalized spacial score (nSPS) is 12.2. The molecule has 0 N–H and O–H groups in total. The monoisotopic (exact) mass is 430 g/mol. The quantitative estimate of drug-likeness (QED) is 0.568. The van der Waals surface area contributed by atoms with Gasteiger partial charge in [-0.3, -0.25) is 9.10 Å².